The van der Waals surface area contributed by atoms with Crippen molar-refractivity contribution in [2.24, 2.45) is 5.16 Å². The zero-order valence-electron chi connectivity index (χ0n) is 13.1. The van der Waals surface area contributed by atoms with Crippen molar-refractivity contribution in [1.82, 2.24) is 0 Å². The average molecular weight is 310 g/mol. The van der Waals surface area contributed by atoms with Crippen LogP contribution in [-0.2, 0) is 11.3 Å². The van der Waals surface area contributed by atoms with Crippen LogP contribution in [0.3, 0.4) is 0 Å². The maximum atomic E-state index is 11.8. The van der Waals surface area contributed by atoms with Gasteiger partial charge in [0.25, 0.3) is 0 Å². The van der Waals surface area contributed by atoms with E-state index in [9.17, 15) is 4.79 Å². The highest BCUT2D eigenvalue weighted by Gasteiger charge is 2.13. The molecule has 0 saturated carbocycles. The van der Waals surface area contributed by atoms with Gasteiger partial charge >= 0.3 is 6.09 Å². The Kier molecular flexibility index (Phi) is 4.28. The van der Waals surface area contributed by atoms with Gasteiger partial charge in [0.15, 0.2) is 0 Å². The highest BCUT2D eigenvalue weighted by molar-refractivity contribution is 5.99. The Morgan fingerprint density at radius 2 is 2.09 bits per heavy atom. The summed E-state index contributed by atoms with van der Waals surface area (Å²) in [4.78, 5) is 16.8. The van der Waals surface area contributed by atoms with E-state index in [4.69, 9.17) is 9.57 Å². The van der Waals surface area contributed by atoms with Gasteiger partial charge in [-0.1, -0.05) is 23.4 Å². The third kappa shape index (κ3) is 3.51. The molecule has 1 amide bonds. The number of nitrogens with zero attached hydrogens (tertiary/aromatic N) is 1. The topological polar surface area (TPSA) is 59.9 Å². The molecule has 0 spiro atoms. The van der Waals surface area contributed by atoms with Crippen molar-refractivity contribution in [2.75, 3.05) is 11.9 Å². The van der Waals surface area contributed by atoms with Crippen molar-refractivity contribution in [3.05, 3.63) is 59.2 Å². The summed E-state index contributed by atoms with van der Waals surface area (Å²) in [7, 11) is 0. The zero-order valence-corrected chi connectivity index (χ0v) is 13.1. The highest BCUT2D eigenvalue weighted by atomic mass is 16.7. The summed E-state index contributed by atoms with van der Waals surface area (Å²) < 4.78 is 5.47. The maximum Gasteiger partial charge on any atom is 0.437 e. The number of rotatable bonds is 3. The molecule has 0 saturated heterocycles. The van der Waals surface area contributed by atoms with Crippen LogP contribution in [0.2, 0.25) is 0 Å². The summed E-state index contributed by atoms with van der Waals surface area (Å²) in [6, 6.07) is 13.3. The molecule has 1 aliphatic rings. The zero-order chi connectivity index (χ0) is 16.2. The van der Waals surface area contributed by atoms with Crippen LogP contribution in [0.4, 0.5) is 10.5 Å². The predicted octanol–water partition coefficient (Wildman–Crippen LogP) is 3.90. The molecular weight excluding hydrogens is 292 g/mol. The Balaban J connectivity index is 1.65. The van der Waals surface area contributed by atoms with Crippen molar-refractivity contribution in [3.63, 3.8) is 0 Å². The number of hydrogen-bond acceptors (Lipinski definition) is 4. The van der Waals surface area contributed by atoms with Crippen molar-refractivity contribution in [3.8, 4) is 5.75 Å². The number of carbonyl (C=O) groups excluding carboxylic acids is 1. The lowest BCUT2D eigenvalue weighted by atomic mass is 10.1. The second kappa shape index (κ2) is 6.52. The van der Waals surface area contributed by atoms with Crippen molar-refractivity contribution in [2.45, 2.75) is 20.3 Å². The van der Waals surface area contributed by atoms with Crippen LogP contribution >= 0.6 is 0 Å². The lowest BCUT2D eigenvalue weighted by Crippen LogP contribution is -2.12. The summed E-state index contributed by atoms with van der Waals surface area (Å²) in [6.45, 7) is 4.43. The Bertz CT molecular complexity index is 769. The standard InChI is InChI=1S/C18H18N2O3/c1-12-5-3-4-6-16(12)19-18(21)23-20-13(2)14-7-8-17-15(11-14)9-10-22-17/h3-8,11H,9-10H2,1-2H3,(H,19,21)/b20-13+. The smallest absolute Gasteiger partial charge is 0.437 e. The van der Waals surface area contributed by atoms with E-state index in [1.165, 1.54) is 0 Å². The van der Waals surface area contributed by atoms with E-state index >= 15 is 0 Å². The molecule has 1 aliphatic heterocycles. The minimum atomic E-state index is -0.608. The molecule has 1 N–H and O–H groups in total. The molecule has 3 rings (SSSR count). The normalized spacial score (nSPS) is 13.2. The van der Waals surface area contributed by atoms with Gasteiger partial charge in [0.2, 0.25) is 0 Å². The molecule has 0 bridgehead atoms. The first-order valence-electron chi connectivity index (χ1n) is 7.48. The molecule has 0 atom stereocenters. The maximum absolute atomic E-state index is 11.8. The lowest BCUT2D eigenvalue weighted by Gasteiger charge is -2.07. The van der Waals surface area contributed by atoms with Gasteiger partial charge in [0.05, 0.1) is 12.3 Å². The van der Waals surface area contributed by atoms with E-state index in [0.29, 0.717) is 18.0 Å². The summed E-state index contributed by atoms with van der Waals surface area (Å²) in [6.07, 6.45) is 0.286. The fraction of sp³-hybridized carbons (Fsp3) is 0.222. The molecule has 2 aromatic carbocycles. The van der Waals surface area contributed by atoms with E-state index in [1.807, 2.05) is 49.4 Å². The number of nitrogens with one attached hydrogen (secondary N) is 1. The first-order chi connectivity index (χ1) is 11.1. The van der Waals surface area contributed by atoms with Crippen LogP contribution < -0.4 is 10.1 Å². The molecule has 23 heavy (non-hydrogen) atoms. The number of ether oxygens (including phenoxy) is 1. The summed E-state index contributed by atoms with van der Waals surface area (Å²) in [5.41, 5.74) is 4.38. The Morgan fingerprint density at radius 3 is 2.91 bits per heavy atom. The molecule has 5 nitrogen and oxygen atoms in total. The summed E-state index contributed by atoms with van der Waals surface area (Å²) in [5, 5.41) is 6.58. The lowest BCUT2D eigenvalue weighted by molar-refractivity contribution is 0.166. The molecule has 0 unspecified atom stereocenters. The van der Waals surface area contributed by atoms with Crippen molar-refractivity contribution in [1.29, 1.82) is 0 Å². The van der Waals surface area contributed by atoms with Gasteiger partial charge in [-0.05, 0) is 54.8 Å². The number of amides is 1. The number of anilines is 1. The summed E-state index contributed by atoms with van der Waals surface area (Å²) in [5.74, 6) is 0.916. The van der Waals surface area contributed by atoms with Crippen molar-refractivity contribution >= 4 is 17.5 Å². The van der Waals surface area contributed by atoms with Crippen LogP contribution in [-0.4, -0.2) is 18.4 Å². The molecule has 0 aromatic heterocycles. The van der Waals surface area contributed by atoms with E-state index in [-0.39, 0.29) is 0 Å². The van der Waals surface area contributed by atoms with Crippen LogP contribution in [0.1, 0.15) is 23.6 Å². The number of fused-ring (bicyclic) bond motifs is 1. The highest BCUT2D eigenvalue weighted by Crippen LogP contribution is 2.26. The summed E-state index contributed by atoms with van der Waals surface area (Å²) >= 11 is 0. The van der Waals surface area contributed by atoms with Crippen LogP contribution in [0.25, 0.3) is 0 Å². The molecule has 2 aromatic rings. The second-order valence-electron chi connectivity index (χ2n) is 5.42. The quantitative estimate of drug-likeness (QED) is 0.531. The Hall–Kier alpha value is -2.82. The first-order valence-corrected chi connectivity index (χ1v) is 7.48. The van der Waals surface area contributed by atoms with Crippen LogP contribution in [0.15, 0.2) is 47.6 Å². The number of para-hydroxylation sites is 1. The van der Waals surface area contributed by atoms with E-state index in [0.717, 1.165) is 28.9 Å². The molecule has 5 heteroatoms. The van der Waals surface area contributed by atoms with Gasteiger partial charge in [-0.15, -0.1) is 0 Å². The minimum Gasteiger partial charge on any atom is -0.493 e. The van der Waals surface area contributed by atoms with E-state index in [2.05, 4.69) is 10.5 Å². The van der Waals surface area contributed by atoms with E-state index < -0.39 is 6.09 Å². The molecule has 0 fully saturated rings. The molecular formula is C18H18N2O3. The second-order valence-corrected chi connectivity index (χ2v) is 5.42. The van der Waals surface area contributed by atoms with Crippen molar-refractivity contribution < 1.29 is 14.4 Å². The number of benzene rings is 2. The van der Waals surface area contributed by atoms with Crippen LogP contribution in [0, 0.1) is 6.92 Å². The number of aryl methyl sites for hydroxylation is 1. The largest absolute Gasteiger partial charge is 0.493 e. The van der Waals surface area contributed by atoms with Gasteiger partial charge in [0.1, 0.15) is 5.75 Å². The number of oxime groups is 1. The monoisotopic (exact) mass is 310 g/mol. The Labute approximate surface area is 134 Å². The third-order valence-electron chi connectivity index (χ3n) is 3.75. The fourth-order valence-corrected chi connectivity index (χ4v) is 2.42. The van der Waals surface area contributed by atoms with Gasteiger partial charge in [-0.2, -0.15) is 0 Å². The molecule has 0 radical (unpaired) electrons. The van der Waals surface area contributed by atoms with Gasteiger partial charge in [0, 0.05) is 12.1 Å². The number of hydrogen-bond donors (Lipinski definition) is 1. The molecule has 0 aliphatic carbocycles. The third-order valence-corrected chi connectivity index (χ3v) is 3.75. The molecule has 1 heterocycles. The number of carbonyl (C=O) groups is 1. The predicted molar refractivity (Wildman–Crippen MR) is 89.1 cm³/mol. The molecule has 118 valence electrons. The minimum absolute atomic E-state index is 0.608. The fourth-order valence-electron chi connectivity index (χ4n) is 2.42. The van der Waals surface area contributed by atoms with Gasteiger partial charge in [-0.25, -0.2) is 4.79 Å². The average Bonchev–Trinajstić information content (AvgIpc) is 3.02. The van der Waals surface area contributed by atoms with Crippen LogP contribution in [0.5, 0.6) is 5.75 Å². The van der Waals surface area contributed by atoms with Gasteiger partial charge < -0.3 is 4.74 Å². The SMILES string of the molecule is C/C(=N\OC(=O)Nc1ccccc1C)c1ccc2c(c1)CCO2. The van der Waals surface area contributed by atoms with Gasteiger partial charge in [-0.3, -0.25) is 10.2 Å². The first kappa shape index (κ1) is 15.1. The van der Waals surface area contributed by atoms with E-state index in [1.54, 1.807) is 6.92 Å². The Morgan fingerprint density at radius 1 is 1.26 bits per heavy atom.